The lowest BCUT2D eigenvalue weighted by Gasteiger charge is -2.17. The van der Waals surface area contributed by atoms with Gasteiger partial charge in [0.2, 0.25) is 0 Å². The Hall–Kier alpha value is -2.73. The van der Waals surface area contributed by atoms with Crippen molar-refractivity contribution >= 4 is 5.91 Å². The van der Waals surface area contributed by atoms with Crippen LogP contribution in [0.15, 0.2) is 42.5 Å². The fourth-order valence-corrected chi connectivity index (χ4v) is 3.65. The number of fused-ring (bicyclic) bond motifs is 1. The molecule has 0 aromatic heterocycles. The number of hydrogen-bond donors (Lipinski definition) is 1. The maximum atomic E-state index is 12.2. The SMILES string of the molecule is O=C(COc1ccccc1CNCc1ccc2c(c1)OCCCO2)N1CCCC1. The highest BCUT2D eigenvalue weighted by atomic mass is 16.5. The Labute approximate surface area is 171 Å². The zero-order valence-corrected chi connectivity index (χ0v) is 16.7. The number of para-hydroxylation sites is 1. The van der Waals surface area contributed by atoms with E-state index in [1.165, 1.54) is 0 Å². The minimum Gasteiger partial charge on any atom is -0.490 e. The molecule has 0 radical (unpaired) electrons. The van der Waals surface area contributed by atoms with Gasteiger partial charge in [0.15, 0.2) is 18.1 Å². The van der Waals surface area contributed by atoms with Gasteiger partial charge in [0, 0.05) is 38.2 Å². The molecule has 0 atom stereocenters. The lowest BCUT2D eigenvalue weighted by atomic mass is 10.1. The molecule has 154 valence electrons. The second-order valence-corrected chi connectivity index (χ2v) is 7.42. The summed E-state index contributed by atoms with van der Waals surface area (Å²) >= 11 is 0. The zero-order chi connectivity index (χ0) is 19.9. The third-order valence-electron chi connectivity index (χ3n) is 5.24. The van der Waals surface area contributed by atoms with Crippen molar-refractivity contribution in [3.05, 3.63) is 53.6 Å². The summed E-state index contributed by atoms with van der Waals surface area (Å²) in [5.74, 6) is 2.45. The number of carbonyl (C=O) groups is 1. The van der Waals surface area contributed by atoms with Crippen molar-refractivity contribution in [3.63, 3.8) is 0 Å². The monoisotopic (exact) mass is 396 g/mol. The van der Waals surface area contributed by atoms with Gasteiger partial charge in [-0.05, 0) is 36.6 Å². The third-order valence-corrected chi connectivity index (χ3v) is 5.24. The molecule has 0 saturated carbocycles. The number of amides is 1. The van der Waals surface area contributed by atoms with Gasteiger partial charge < -0.3 is 24.4 Å². The number of likely N-dealkylation sites (tertiary alicyclic amines) is 1. The van der Waals surface area contributed by atoms with Gasteiger partial charge in [0.25, 0.3) is 5.91 Å². The van der Waals surface area contributed by atoms with Gasteiger partial charge in [0.1, 0.15) is 5.75 Å². The summed E-state index contributed by atoms with van der Waals surface area (Å²) in [7, 11) is 0. The van der Waals surface area contributed by atoms with Crippen molar-refractivity contribution in [1.29, 1.82) is 0 Å². The van der Waals surface area contributed by atoms with Crippen LogP contribution in [0.2, 0.25) is 0 Å². The maximum absolute atomic E-state index is 12.2. The Balaban J connectivity index is 1.31. The minimum atomic E-state index is 0.0671. The summed E-state index contributed by atoms with van der Waals surface area (Å²) in [4.78, 5) is 14.1. The number of nitrogens with one attached hydrogen (secondary N) is 1. The van der Waals surface area contributed by atoms with E-state index in [2.05, 4.69) is 11.4 Å². The smallest absolute Gasteiger partial charge is 0.260 e. The van der Waals surface area contributed by atoms with Crippen LogP contribution in [0.25, 0.3) is 0 Å². The first kappa shape index (κ1) is 19.6. The molecule has 0 unspecified atom stereocenters. The first-order valence-corrected chi connectivity index (χ1v) is 10.4. The van der Waals surface area contributed by atoms with E-state index >= 15 is 0 Å². The average Bonchev–Trinajstić information content (AvgIpc) is 3.19. The van der Waals surface area contributed by atoms with Crippen LogP contribution in [0.4, 0.5) is 0 Å². The average molecular weight is 396 g/mol. The second kappa shape index (κ2) is 9.65. The first-order chi connectivity index (χ1) is 14.3. The van der Waals surface area contributed by atoms with E-state index < -0.39 is 0 Å². The molecule has 2 aliphatic heterocycles. The summed E-state index contributed by atoms with van der Waals surface area (Å²) in [6.07, 6.45) is 3.08. The Kier molecular flexibility index (Phi) is 6.52. The quantitative estimate of drug-likeness (QED) is 0.779. The number of benzene rings is 2. The van der Waals surface area contributed by atoms with Crippen molar-refractivity contribution < 1.29 is 19.0 Å². The summed E-state index contributed by atoms with van der Waals surface area (Å²) in [5, 5.41) is 3.45. The molecule has 1 saturated heterocycles. The summed E-state index contributed by atoms with van der Waals surface area (Å²) in [6, 6.07) is 13.9. The van der Waals surface area contributed by atoms with Crippen LogP contribution in [0.3, 0.4) is 0 Å². The molecule has 6 nitrogen and oxygen atoms in total. The van der Waals surface area contributed by atoms with Crippen LogP contribution in [-0.2, 0) is 17.9 Å². The van der Waals surface area contributed by atoms with E-state index in [0.717, 1.165) is 60.7 Å². The van der Waals surface area contributed by atoms with Gasteiger partial charge in [-0.2, -0.15) is 0 Å². The van der Waals surface area contributed by atoms with Crippen molar-refractivity contribution in [2.24, 2.45) is 0 Å². The predicted molar refractivity (Wildman–Crippen MR) is 110 cm³/mol. The highest BCUT2D eigenvalue weighted by Crippen LogP contribution is 2.30. The van der Waals surface area contributed by atoms with Gasteiger partial charge in [-0.15, -0.1) is 0 Å². The first-order valence-electron chi connectivity index (χ1n) is 10.4. The predicted octanol–water partition coefficient (Wildman–Crippen LogP) is 3.14. The molecule has 2 heterocycles. The number of hydrogen-bond acceptors (Lipinski definition) is 5. The molecule has 0 aliphatic carbocycles. The molecule has 2 aromatic carbocycles. The molecule has 6 heteroatoms. The molecule has 0 bridgehead atoms. The molecule has 1 fully saturated rings. The molecular formula is C23H28N2O4. The lowest BCUT2D eigenvalue weighted by Crippen LogP contribution is -2.32. The van der Waals surface area contributed by atoms with E-state index in [9.17, 15) is 4.79 Å². The van der Waals surface area contributed by atoms with Crippen molar-refractivity contribution in [2.45, 2.75) is 32.4 Å². The Morgan fingerprint density at radius 2 is 1.76 bits per heavy atom. The summed E-state index contributed by atoms with van der Waals surface area (Å²) in [5.41, 5.74) is 2.17. The molecule has 0 spiro atoms. The fourth-order valence-electron chi connectivity index (χ4n) is 3.65. The number of carbonyl (C=O) groups excluding carboxylic acids is 1. The molecule has 4 rings (SSSR count). The number of nitrogens with zero attached hydrogens (tertiary/aromatic N) is 1. The van der Waals surface area contributed by atoms with Gasteiger partial charge in [-0.3, -0.25) is 4.79 Å². The minimum absolute atomic E-state index is 0.0671. The van der Waals surface area contributed by atoms with Crippen LogP contribution in [-0.4, -0.2) is 43.7 Å². The molecule has 29 heavy (non-hydrogen) atoms. The molecule has 2 aromatic rings. The Morgan fingerprint density at radius 3 is 2.62 bits per heavy atom. The van der Waals surface area contributed by atoms with E-state index in [1.54, 1.807) is 0 Å². The van der Waals surface area contributed by atoms with E-state index in [-0.39, 0.29) is 12.5 Å². The molecule has 2 aliphatic rings. The van der Waals surface area contributed by atoms with Crippen molar-refractivity contribution in [2.75, 3.05) is 32.9 Å². The highest BCUT2D eigenvalue weighted by Gasteiger charge is 2.18. The van der Waals surface area contributed by atoms with Crippen LogP contribution in [0.1, 0.15) is 30.4 Å². The maximum Gasteiger partial charge on any atom is 0.260 e. The van der Waals surface area contributed by atoms with Gasteiger partial charge in [-0.25, -0.2) is 0 Å². The Morgan fingerprint density at radius 1 is 0.966 bits per heavy atom. The van der Waals surface area contributed by atoms with Gasteiger partial charge in [-0.1, -0.05) is 24.3 Å². The molecular weight excluding hydrogens is 368 g/mol. The van der Waals surface area contributed by atoms with E-state index in [0.29, 0.717) is 26.3 Å². The lowest BCUT2D eigenvalue weighted by molar-refractivity contribution is -0.132. The standard InChI is InChI=1S/C23H28N2O4/c26-23(25-10-3-4-11-25)17-29-20-7-2-1-6-19(20)16-24-15-18-8-9-21-22(14-18)28-13-5-12-27-21/h1-2,6-9,14,24H,3-5,10-13,15-17H2. The van der Waals surface area contributed by atoms with Crippen molar-refractivity contribution in [1.82, 2.24) is 10.2 Å². The second-order valence-electron chi connectivity index (χ2n) is 7.42. The Bertz CT molecular complexity index is 833. The normalized spacial score (nSPS) is 15.8. The van der Waals surface area contributed by atoms with Crippen LogP contribution in [0.5, 0.6) is 17.2 Å². The third kappa shape index (κ3) is 5.21. The van der Waals surface area contributed by atoms with Crippen LogP contribution >= 0.6 is 0 Å². The molecule has 1 amide bonds. The van der Waals surface area contributed by atoms with E-state index in [1.807, 2.05) is 41.3 Å². The zero-order valence-electron chi connectivity index (χ0n) is 16.7. The summed E-state index contributed by atoms with van der Waals surface area (Å²) < 4.78 is 17.3. The number of rotatable bonds is 7. The molecule has 1 N–H and O–H groups in total. The summed E-state index contributed by atoms with van der Waals surface area (Å²) in [6.45, 7) is 4.54. The van der Waals surface area contributed by atoms with Gasteiger partial charge in [0.05, 0.1) is 13.2 Å². The largest absolute Gasteiger partial charge is 0.490 e. The topological polar surface area (TPSA) is 60.0 Å². The van der Waals surface area contributed by atoms with Crippen molar-refractivity contribution in [3.8, 4) is 17.2 Å². The van der Waals surface area contributed by atoms with Crippen LogP contribution in [0, 0.1) is 0 Å². The van der Waals surface area contributed by atoms with Gasteiger partial charge >= 0.3 is 0 Å². The fraction of sp³-hybridized carbons (Fsp3) is 0.435. The van der Waals surface area contributed by atoms with E-state index in [4.69, 9.17) is 14.2 Å². The van der Waals surface area contributed by atoms with Crippen LogP contribution < -0.4 is 19.5 Å². The highest BCUT2D eigenvalue weighted by molar-refractivity contribution is 5.78. The number of ether oxygens (including phenoxy) is 3.